The van der Waals surface area contributed by atoms with Gasteiger partial charge in [-0.25, -0.2) is 4.39 Å². The maximum atomic E-state index is 12.9. The minimum atomic E-state index is -0.401. The second-order valence-electron chi connectivity index (χ2n) is 5.34. The molecular weight excluding hydrogens is 289 g/mol. The van der Waals surface area contributed by atoms with Gasteiger partial charge in [0.1, 0.15) is 5.82 Å². The summed E-state index contributed by atoms with van der Waals surface area (Å²) in [5.41, 5.74) is 6.40. The maximum Gasteiger partial charge on any atom is 0.224 e. The normalized spacial score (nSPS) is 19.4. The summed E-state index contributed by atoms with van der Waals surface area (Å²) in [6.07, 6.45) is 1.27. The van der Waals surface area contributed by atoms with Crippen molar-refractivity contribution in [1.29, 1.82) is 0 Å². The Kier molecular flexibility index (Phi) is 5.87. The van der Waals surface area contributed by atoms with E-state index in [1.807, 2.05) is 11.8 Å². The average Bonchev–Trinajstić information content (AvgIpc) is 2.44. The number of halogens is 1. The van der Waals surface area contributed by atoms with Crippen LogP contribution in [0.2, 0.25) is 0 Å². The molecule has 1 amide bonds. The lowest BCUT2D eigenvalue weighted by molar-refractivity contribution is -0.116. The molecule has 1 aromatic rings. The van der Waals surface area contributed by atoms with Gasteiger partial charge in [0.2, 0.25) is 5.91 Å². The zero-order valence-electron chi connectivity index (χ0n) is 12.3. The largest absolute Gasteiger partial charge is 0.397 e. The first-order valence-corrected chi connectivity index (χ1v) is 8.38. The van der Waals surface area contributed by atoms with Gasteiger partial charge in [-0.05, 0) is 38.1 Å². The molecule has 0 saturated carbocycles. The van der Waals surface area contributed by atoms with E-state index >= 15 is 0 Å². The van der Waals surface area contributed by atoms with Crippen LogP contribution in [0.15, 0.2) is 18.2 Å². The van der Waals surface area contributed by atoms with Crippen LogP contribution in [0.25, 0.3) is 0 Å². The molecule has 0 aromatic heterocycles. The molecule has 1 aliphatic rings. The number of carbonyl (C=O) groups excluding carboxylic acids is 1. The molecule has 0 aliphatic carbocycles. The molecule has 1 heterocycles. The Bertz CT molecular complexity index is 498. The second kappa shape index (κ2) is 7.66. The third-order valence-corrected chi connectivity index (χ3v) is 4.83. The fraction of sp³-hybridized carbons (Fsp3) is 0.533. The fourth-order valence-electron chi connectivity index (χ4n) is 2.40. The first kappa shape index (κ1) is 16.1. The molecule has 6 heteroatoms. The number of benzene rings is 1. The number of thioether (sulfide) groups is 1. The van der Waals surface area contributed by atoms with Gasteiger partial charge in [0.25, 0.3) is 0 Å². The highest BCUT2D eigenvalue weighted by molar-refractivity contribution is 7.99. The molecule has 0 radical (unpaired) electrons. The zero-order chi connectivity index (χ0) is 15.2. The van der Waals surface area contributed by atoms with Crippen molar-refractivity contribution in [2.45, 2.75) is 25.8 Å². The molecule has 21 heavy (non-hydrogen) atoms. The Hall–Kier alpha value is -1.27. The summed E-state index contributed by atoms with van der Waals surface area (Å²) in [6.45, 7) is 4.26. The van der Waals surface area contributed by atoms with E-state index in [1.54, 1.807) is 0 Å². The lowest BCUT2D eigenvalue weighted by Crippen LogP contribution is -2.41. The molecule has 1 saturated heterocycles. The molecule has 0 spiro atoms. The molecule has 1 unspecified atom stereocenters. The summed E-state index contributed by atoms with van der Waals surface area (Å²) in [5.74, 6) is 1.86. The minimum Gasteiger partial charge on any atom is -0.397 e. The van der Waals surface area contributed by atoms with E-state index in [9.17, 15) is 9.18 Å². The molecule has 0 bridgehead atoms. The summed E-state index contributed by atoms with van der Waals surface area (Å²) >= 11 is 1.99. The highest BCUT2D eigenvalue weighted by Gasteiger charge is 2.18. The number of nitrogen functional groups attached to an aromatic ring is 1. The van der Waals surface area contributed by atoms with Gasteiger partial charge in [0.15, 0.2) is 0 Å². The van der Waals surface area contributed by atoms with E-state index in [4.69, 9.17) is 5.73 Å². The molecule has 1 aromatic carbocycles. The summed E-state index contributed by atoms with van der Waals surface area (Å²) in [4.78, 5) is 14.3. The number of carbonyl (C=O) groups is 1. The van der Waals surface area contributed by atoms with E-state index in [0.29, 0.717) is 18.2 Å². The SMILES string of the molecule is CC1CSCCN1CCCC(=O)Nc1ccc(F)cc1N. The van der Waals surface area contributed by atoms with Gasteiger partial charge in [-0.3, -0.25) is 9.69 Å². The molecule has 4 nitrogen and oxygen atoms in total. The number of amides is 1. The van der Waals surface area contributed by atoms with Crippen LogP contribution >= 0.6 is 11.8 Å². The number of hydrogen-bond acceptors (Lipinski definition) is 4. The third-order valence-electron chi connectivity index (χ3n) is 3.64. The number of hydrogen-bond donors (Lipinski definition) is 2. The summed E-state index contributed by atoms with van der Waals surface area (Å²) < 4.78 is 12.9. The number of nitrogens with zero attached hydrogens (tertiary/aromatic N) is 1. The van der Waals surface area contributed by atoms with Crippen molar-refractivity contribution in [3.63, 3.8) is 0 Å². The topological polar surface area (TPSA) is 58.4 Å². The van der Waals surface area contributed by atoms with Gasteiger partial charge in [0.05, 0.1) is 11.4 Å². The van der Waals surface area contributed by atoms with Crippen LogP contribution < -0.4 is 11.1 Å². The van der Waals surface area contributed by atoms with Crippen molar-refractivity contribution in [2.24, 2.45) is 0 Å². The smallest absolute Gasteiger partial charge is 0.224 e. The summed E-state index contributed by atoms with van der Waals surface area (Å²) in [6, 6.07) is 4.58. The van der Waals surface area contributed by atoms with E-state index in [1.165, 1.54) is 24.0 Å². The van der Waals surface area contributed by atoms with Crippen LogP contribution in [-0.4, -0.2) is 41.4 Å². The zero-order valence-corrected chi connectivity index (χ0v) is 13.1. The van der Waals surface area contributed by atoms with Gasteiger partial charge >= 0.3 is 0 Å². The van der Waals surface area contributed by atoms with Crippen LogP contribution in [-0.2, 0) is 4.79 Å². The fourth-order valence-corrected chi connectivity index (χ4v) is 3.48. The second-order valence-corrected chi connectivity index (χ2v) is 6.49. The Balaban J connectivity index is 1.74. The average molecular weight is 311 g/mol. The molecule has 1 atom stereocenters. The van der Waals surface area contributed by atoms with Crippen molar-refractivity contribution >= 4 is 29.0 Å². The van der Waals surface area contributed by atoms with Crippen LogP contribution in [0.1, 0.15) is 19.8 Å². The highest BCUT2D eigenvalue weighted by atomic mass is 32.2. The van der Waals surface area contributed by atoms with Crippen molar-refractivity contribution in [3.8, 4) is 0 Å². The Morgan fingerprint density at radius 2 is 2.38 bits per heavy atom. The number of rotatable bonds is 5. The summed E-state index contributed by atoms with van der Waals surface area (Å²) in [7, 11) is 0. The van der Waals surface area contributed by atoms with Gasteiger partial charge in [0, 0.05) is 30.5 Å². The molecule has 1 aliphatic heterocycles. The number of nitrogens with one attached hydrogen (secondary N) is 1. The van der Waals surface area contributed by atoms with Crippen LogP contribution in [0.5, 0.6) is 0 Å². The maximum absolute atomic E-state index is 12.9. The van der Waals surface area contributed by atoms with Gasteiger partial charge in [-0.15, -0.1) is 0 Å². The Labute approximate surface area is 129 Å². The third kappa shape index (κ3) is 4.89. The lowest BCUT2D eigenvalue weighted by Gasteiger charge is -2.32. The Morgan fingerprint density at radius 3 is 3.10 bits per heavy atom. The Morgan fingerprint density at radius 1 is 1.57 bits per heavy atom. The van der Waals surface area contributed by atoms with Crippen molar-refractivity contribution < 1.29 is 9.18 Å². The van der Waals surface area contributed by atoms with E-state index < -0.39 is 5.82 Å². The van der Waals surface area contributed by atoms with Crippen LogP contribution in [0.4, 0.5) is 15.8 Å². The van der Waals surface area contributed by atoms with E-state index in [2.05, 4.69) is 17.1 Å². The van der Waals surface area contributed by atoms with Crippen LogP contribution in [0, 0.1) is 5.82 Å². The van der Waals surface area contributed by atoms with Crippen molar-refractivity contribution in [1.82, 2.24) is 4.90 Å². The van der Waals surface area contributed by atoms with Gasteiger partial charge in [-0.2, -0.15) is 11.8 Å². The number of anilines is 2. The van der Waals surface area contributed by atoms with Crippen molar-refractivity contribution in [3.05, 3.63) is 24.0 Å². The standard InChI is InChI=1S/C15H22FN3OS/c1-11-10-21-8-7-19(11)6-2-3-15(20)18-14-5-4-12(16)9-13(14)17/h4-5,9,11H,2-3,6-8,10,17H2,1H3,(H,18,20). The van der Waals surface area contributed by atoms with Crippen molar-refractivity contribution in [2.75, 3.05) is 35.6 Å². The minimum absolute atomic E-state index is 0.0765. The molecular formula is C15H22FN3OS. The quantitative estimate of drug-likeness (QED) is 0.821. The van der Waals surface area contributed by atoms with E-state index in [-0.39, 0.29) is 11.6 Å². The molecule has 2 rings (SSSR count). The van der Waals surface area contributed by atoms with Gasteiger partial charge < -0.3 is 11.1 Å². The molecule has 3 N–H and O–H groups in total. The first-order valence-electron chi connectivity index (χ1n) is 7.23. The first-order chi connectivity index (χ1) is 10.1. The highest BCUT2D eigenvalue weighted by Crippen LogP contribution is 2.20. The predicted octanol–water partition coefficient (Wildman–Crippen LogP) is 2.56. The van der Waals surface area contributed by atoms with E-state index in [0.717, 1.165) is 25.3 Å². The van der Waals surface area contributed by atoms with Gasteiger partial charge in [-0.1, -0.05) is 0 Å². The monoisotopic (exact) mass is 311 g/mol. The summed E-state index contributed by atoms with van der Waals surface area (Å²) in [5, 5.41) is 2.73. The number of nitrogens with two attached hydrogens (primary N) is 1. The van der Waals surface area contributed by atoms with Crippen LogP contribution in [0.3, 0.4) is 0 Å². The lowest BCUT2D eigenvalue weighted by atomic mass is 10.2. The molecule has 116 valence electrons. The predicted molar refractivity (Wildman–Crippen MR) is 87.0 cm³/mol. The molecule has 1 fully saturated rings.